The van der Waals surface area contributed by atoms with Crippen molar-refractivity contribution < 1.29 is 0 Å². The number of hydrogen-bond donors (Lipinski definition) is 0. The summed E-state index contributed by atoms with van der Waals surface area (Å²) in [6.07, 6.45) is 0. The molecule has 0 amide bonds. The molecular formula is C56H36N6. The second-order valence-corrected chi connectivity index (χ2v) is 14.8. The third-order valence-corrected chi connectivity index (χ3v) is 10.8. The van der Waals surface area contributed by atoms with E-state index in [0.717, 1.165) is 78.1 Å². The van der Waals surface area contributed by atoms with Crippen molar-refractivity contribution in [2.45, 2.75) is 0 Å². The van der Waals surface area contributed by atoms with Crippen LogP contribution in [0.15, 0.2) is 218 Å². The maximum atomic E-state index is 7.66. The molecule has 0 spiro atoms. The molecule has 6 nitrogen and oxygen atoms in total. The Hall–Kier alpha value is -8.66. The van der Waals surface area contributed by atoms with Gasteiger partial charge in [0.25, 0.3) is 0 Å². The number of rotatable bonds is 9. The van der Waals surface area contributed by atoms with Gasteiger partial charge in [0.05, 0.1) is 18.0 Å². The van der Waals surface area contributed by atoms with E-state index in [1.165, 1.54) is 0 Å². The Morgan fingerprint density at radius 2 is 0.694 bits per heavy atom. The first kappa shape index (κ1) is 37.6. The number of aromatic nitrogens is 5. The highest BCUT2D eigenvalue weighted by Gasteiger charge is 2.19. The zero-order valence-electron chi connectivity index (χ0n) is 33.5. The Bertz CT molecular complexity index is 3160. The average Bonchev–Trinajstić information content (AvgIpc) is 3.37. The summed E-state index contributed by atoms with van der Waals surface area (Å²) >= 11 is 0. The van der Waals surface area contributed by atoms with E-state index in [1.807, 2.05) is 140 Å². The van der Waals surface area contributed by atoms with Crippen molar-refractivity contribution in [3.05, 3.63) is 230 Å². The molecule has 0 aliphatic heterocycles. The molecule has 0 unspecified atom stereocenters. The summed E-state index contributed by atoms with van der Waals surface area (Å²) in [6, 6.07) is 73.6. The van der Waals surface area contributed by atoms with Crippen molar-refractivity contribution in [1.29, 1.82) is 0 Å². The Morgan fingerprint density at radius 3 is 1.31 bits per heavy atom. The van der Waals surface area contributed by atoms with E-state index in [0.29, 0.717) is 29.0 Å². The molecule has 10 rings (SSSR count). The zero-order chi connectivity index (χ0) is 41.7. The summed E-state index contributed by atoms with van der Waals surface area (Å²) in [5, 5.41) is 0. The van der Waals surface area contributed by atoms with Crippen LogP contribution in [-0.4, -0.2) is 24.9 Å². The molecule has 2 heterocycles. The van der Waals surface area contributed by atoms with E-state index in [1.54, 1.807) is 0 Å². The molecule has 0 aliphatic carbocycles. The van der Waals surface area contributed by atoms with Gasteiger partial charge in [-0.25, -0.2) is 29.8 Å². The van der Waals surface area contributed by atoms with Gasteiger partial charge in [-0.1, -0.05) is 200 Å². The minimum atomic E-state index is 0.550. The Labute approximate surface area is 360 Å². The van der Waals surface area contributed by atoms with Crippen LogP contribution in [-0.2, 0) is 0 Å². The van der Waals surface area contributed by atoms with Gasteiger partial charge < -0.3 is 0 Å². The second kappa shape index (κ2) is 16.9. The monoisotopic (exact) mass is 792 g/mol. The molecule has 2 aromatic heterocycles. The largest absolute Gasteiger partial charge is 0.238 e. The fourth-order valence-electron chi connectivity index (χ4n) is 7.69. The van der Waals surface area contributed by atoms with Gasteiger partial charge in [-0.15, -0.1) is 0 Å². The van der Waals surface area contributed by atoms with Crippen LogP contribution < -0.4 is 0 Å². The van der Waals surface area contributed by atoms with Crippen LogP contribution >= 0.6 is 0 Å². The molecule has 0 atom stereocenters. The number of hydrogen-bond acceptors (Lipinski definition) is 5. The molecule has 62 heavy (non-hydrogen) atoms. The highest BCUT2D eigenvalue weighted by Crippen LogP contribution is 2.41. The van der Waals surface area contributed by atoms with E-state index in [2.05, 4.69) is 83.7 Å². The summed E-state index contributed by atoms with van der Waals surface area (Å²) < 4.78 is 0. The summed E-state index contributed by atoms with van der Waals surface area (Å²) in [6.45, 7) is 7.66. The maximum absolute atomic E-state index is 7.66. The molecule has 290 valence electrons. The van der Waals surface area contributed by atoms with Gasteiger partial charge in [-0.2, -0.15) is 0 Å². The third-order valence-electron chi connectivity index (χ3n) is 10.8. The van der Waals surface area contributed by atoms with Crippen molar-refractivity contribution in [3.63, 3.8) is 0 Å². The van der Waals surface area contributed by atoms with Crippen LogP contribution in [0.5, 0.6) is 0 Å². The van der Waals surface area contributed by atoms with Crippen molar-refractivity contribution in [1.82, 2.24) is 24.9 Å². The minimum absolute atomic E-state index is 0.550. The van der Waals surface area contributed by atoms with E-state index >= 15 is 0 Å². The zero-order valence-corrected chi connectivity index (χ0v) is 33.5. The Balaban J connectivity index is 1.15. The van der Waals surface area contributed by atoms with Gasteiger partial charge in [-0.05, 0) is 51.6 Å². The van der Waals surface area contributed by atoms with Crippen molar-refractivity contribution in [2.75, 3.05) is 0 Å². The highest BCUT2D eigenvalue weighted by atomic mass is 15.0. The van der Waals surface area contributed by atoms with Crippen LogP contribution in [0.25, 0.3) is 106 Å². The predicted molar refractivity (Wildman–Crippen MR) is 251 cm³/mol. The summed E-state index contributed by atoms with van der Waals surface area (Å²) in [5.74, 6) is 2.36. The molecule has 0 radical (unpaired) electrons. The Kier molecular flexibility index (Phi) is 10.3. The first-order chi connectivity index (χ1) is 30.7. The molecule has 0 saturated carbocycles. The topological polar surface area (TPSA) is 68.8 Å². The normalized spacial score (nSPS) is 10.9. The first-order valence-corrected chi connectivity index (χ1v) is 20.4. The van der Waals surface area contributed by atoms with Crippen LogP contribution in [0.1, 0.15) is 0 Å². The molecule has 0 bridgehead atoms. The molecule has 0 aliphatic rings. The fraction of sp³-hybridized carbons (Fsp3) is 0. The maximum Gasteiger partial charge on any atom is 0.187 e. The molecule has 10 aromatic rings. The van der Waals surface area contributed by atoms with Gasteiger partial charge in [0.15, 0.2) is 29.0 Å². The third kappa shape index (κ3) is 7.78. The lowest BCUT2D eigenvalue weighted by molar-refractivity contribution is 1.07. The van der Waals surface area contributed by atoms with Gasteiger partial charge in [-0.3, -0.25) is 0 Å². The molecule has 6 heteroatoms. The highest BCUT2D eigenvalue weighted by molar-refractivity contribution is 5.93. The van der Waals surface area contributed by atoms with E-state index in [-0.39, 0.29) is 0 Å². The molecular weight excluding hydrogens is 757 g/mol. The standard InChI is InChI=1S/C56H36N6/c1-57-46-32-29-39(30-33-46)50-36-45(56-61-54(42-23-12-5-13-24-42)60-55(62-56)44-26-16-25-43(35-44)38-17-6-2-7-18-38)31-34-48(50)47-27-14-15-28-49(47)52-37-51(40-19-8-3-9-20-40)58-53(59-52)41-21-10-4-11-22-41/h2-37H. The van der Waals surface area contributed by atoms with Crippen LogP contribution in [0, 0.1) is 6.57 Å². The lowest BCUT2D eigenvalue weighted by Crippen LogP contribution is -2.01. The lowest BCUT2D eigenvalue weighted by atomic mass is 9.89. The molecule has 8 aromatic carbocycles. The SMILES string of the molecule is [C-]#[N+]c1ccc(-c2cc(-c3nc(-c4ccccc4)nc(-c4cccc(-c5ccccc5)c4)n3)ccc2-c2ccccc2-c2cc(-c3ccccc3)nc(-c3ccccc3)n2)cc1. The summed E-state index contributed by atoms with van der Waals surface area (Å²) in [4.78, 5) is 29.3. The number of nitrogens with zero attached hydrogens (tertiary/aromatic N) is 6. The van der Waals surface area contributed by atoms with Gasteiger partial charge in [0.2, 0.25) is 0 Å². The predicted octanol–water partition coefficient (Wildman–Crippen LogP) is 14.2. The number of benzene rings is 8. The van der Waals surface area contributed by atoms with E-state index < -0.39 is 0 Å². The van der Waals surface area contributed by atoms with Crippen molar-refractivity contribution in [3.8, 4) is 101 Å². The van der Waals surface area contributed by atoms with E-state index in [9.17, 15) is 0 Å². The quantitative estimate of drug-likeness (QED) is 0.136. The average molecular weight is 793 g/mol. The van der Waals surface area contributed by atoms with Crippen molar-refractivity contribution in [2.24, 2.45) is 0 Å². The fourth-order valence-corrected chi connectivity index (χ4v) is 7.69. The Morgan fingerprint density at radius 1 is 0.258 bits per heavy atom. The lowest BCUT2D eigenvalue weighted by Gasteiger charge is -2.17. The summed E-state index contributed by atoms with van der Waals surface area (Å²) in [5.41, 5.74) is 13.8. The van der Waals surface area contributed by atoms with Crippen LogP contribution in [0.3, 0.4) is 0 Å². The first-order valence-electron chi connectivity index (χ1n) is 20.4. The van der Waals surface area contributed by atoms with Gasteiger partial charge >= 0.3 is 0 Å². The van der Waals surface area contributed by atoms with E-state index in [4.69, 9.17) is 31.5 Å². The van der Waals surface area contributed by atoms with Crippen LogP contribution in [0.2, 0.25) is 0 Å². The molecule has 0 saturated heterocycles. The minimum Gasteiger partial charge on any atom is -0.238 e. The summed E-state index contributed by atoms with van der Waals surface area (Å²) in [7, 11) is 0. The molecule has 0 fully saturated rings. The van der Waals surface area contributed by atoms with Gasteiger partial charge in [0.1, 0.15) is 0 Å². The van der Waals surface area contributed by atoms with Gasteiger partial charge in [0, 0.05) is 33.4 Å². The van der Waals surface area contributed by atoms with Crippen LogP contribution in [0.4, 0.5) is 5.69 Å². The van der Waals surface area contributed by atoms with Crippen molar-refractivity contribution >= 4 is 5.69 Å². The molecule has 0 N–H and O–H groups in total. The second-order valence-electron chi connectivity index (χ2n) is 14.8. The smallest absolute Gasteiger partial charge is 0.187 e.